The molecule has 1 fully saturated rings. The van der Waals surface area contributed by atoms with Gasteiger partial charge in [0, 0.05) is 5.41 Å². The Hall–Kier alpha value is -0.780. The van der Waals surface area contributed by atoms with Crippen LogP contribution in [0.25, 0.3) is 0 Å². The molecule has 0 aromatic heterocycles. The van der Waals surface area contributed by atoms with Crippen molar-refractivity contribution < 1.29 is 0 Å². The Morgan fingerprint density at radius 3 is 1.88 bits per heavy atom. The maximum absolute atomic E-state index is 4.34. The molecule has 0 bridgehead atoms. The van der Waals surface area contributed by atoms with Crippen molar-refractivity contribution in [1.82, 2.24) is 0 Å². The predicted molar refractivity (Wildman–Crippen MR) is 119 cm³/mol. The molecule has 0 spiro atoms. The zero-order valence-corrected chi connectivity index (χ0v) is 19.4. The van der Waals surface area contributed by atoms with Crippen molar-refractivity contribution in [2.45, 2.75) is 107 Å². The molecular formula is C26H46. The van der Waals surface area contributed by atoms with E-state index >= 15 is 0 Å². The van der Waals surface area contributed by atoms with Gasteiger partial charge < -0.3 is 0 Å². The molecule has 1 rings (SSSR count). The van der Waals surface area contributed by atoms with Gasteiger partial charge in [0.1, 0.15) is 0 Å². The maximum Gasteiger partial charge on any atom is 0.0106 e. The molecule has 0 radical (unpaired) electrons. The first-order chi connectivity index (χ1) is 12.0. The van der Waals surface area contributed by atoms with Crippen LogP contribution in [0.15, 0.2) is 35.5 Å². The largest absolute Gasteiger partial charge is 0.102 e. The van der Waals surface area contributed by atoms with E-state index in [1.807, 2.05) is 0 Å². The van der Waals surface area contributed by atoms with Crippen molar-refractivity contribution in [2.24, 2.45) is 22.2 Å². The van der Waals surface area contributed by atoms with Gasteiger partial charge in [-0.1, -0.05) is 71.3 Å². The Morgan fingerprint density at radius 2 is 1.54 bits per heavy atom. The fourth-order valence-corrected chi connectivity index (χ4v) is 5.00. The van der Waals surface area contributed by atoms with E-state index in [0.717, 1.165) is 5.92 Å². The van der Waals surface area contributed by atoms with Crippen LogP contribution in [0.1, 0.15) is 107 Å². The molecule has 1 saturated carbocycles. The molecule has 0 nitrogen and oxygen atoms in total. The molecule has 0 aromatic rings. The van der Waals surface area contributed by atoms with Crippen molar-refractivity contribution in [3.63, 3.8) is 0 Å². The number of allylic oxidation sites excluding steroid dienone is 5. The molecule has 2 atom stereocenters. The van der Waals surface area contributed by atoms with Gasteiger partial charge in [0.15, 0.2) is 0 Å². The highest BCUT2D eigenvalue weighted by atomic mass is 14.5. The van der Waals surface area contributed by atoms with E-state index in [4.69, 9.17) is 0 Å². The van der Waals surface area contributed by atoms with Crippen LogP contribution < -0.4 is 0 Å². The molecular weight excluding hydrogens is 312 g/mol. The van der Waals surface area contributed by atoms with E-state index in [2.05, 4.69) is 81.0 Å². The first kappa shape index (κ1) is 23.3. The monoisotopic (exact) mass is 358 g/mol. The molecule has 150 valence electrons. The summed E-state index contributed by atoms with van der Waals surface area (Å²) >= 11 is 0. The maximum atomic E-state index is 4.34. The van der Waals surface area contributed by atoms with E-state index in [1.54, 1.807) is 5.57 Å². The lowest BCUT2D eigenvalue weighted by molar-refractivity contribution is 0.171. The Kier molecular flexibility index (Phi) is 8.00. The summed E-state index contributed by atoms with van der Waals surface area (Å²) in [7, 11) is 0. The van der Waals surface area contributed by atoms with Gasteiger partial charge in [0.25, 0.3) is 0 Å². The van der Waals surface area contributed by atoms with Crippen LogP contribution >= 0.6 is 0 Å². The topological polar surface area (TPSA) is 0 Å². The average Bonchev–Trinajstić information content (AvgIpc) is 3.43. The van der Waals surface area contributed by atoms with E-state index in [0.29, 0.717) is 5.41 Å². The van der Waals surface area contributed by atoms with Crippen LogP contribution in [-0.4, -0.2) is 0 Å². The molecule has 0 N–H and O–H groups in total. The molecule has 0 amide bonds. The molecule has 1 aliphatic rings. The van der Waals surface area contributed by atoms with Gasteiger partial charge in [0.2, 0.25) is 0 Å². The number of rotatable bonds is 11. The lowest BCUT2D eigenvalue weighted by Crippen LogP contribution is -2.31. The van der Waals surface area contributed by atoms with Crippen LogP contribution in [0.4, 0.5) is 0 Å². The van der Waals surface area contributed by atoms with Crippen molar-refractivity contribution in [3.8, 4) is 0 Å². The van der Waals surface area contributed by atoms with E-state index < -0.39 is 0 Å². The van der Waals surface area contributed by atoms with Crippen LogP contribution in [0, 0.1) is 22.2 Å². The lowest BCUT2D eigenvalue weighted by atomic mass is 9.62. The van der Waals surface area contributed by atoms with Gasteiger partial charge in [-0.2, -0.15) is 0 Å². The lowest BCUT2D eigenvalue weighted by Gasteiger charge is -2.42. The second kappa shape index (κ2) is 8.94. The summed E-state index contributed by atoms with van der Waals surface area (Å²) in [5.41, 5.74) is 5.24. The van der Waals surface area contributed by atoms with Crippen molar-refractivity contribution >= 4 is 0 Å². The van der Waals surface area contributed by atoms with Gasteiger partial charge in [-0.05, 0) is 81.6 Å². The Labute approximate surface area is 165 Å². The minimum Gasteiger partial charge on any atom is -0.102 e. The van der Waals surface area contributed by atoms with Gasteiger partial charge in [0.05, 0.1) is 0 Å². The van der Waals surface area contributed by atoms with Crippen molar-refractivity contribution in [2.75, 3.05) is 0 Å². The fraction of sp³-hybridized carbons (Fsp3) is 0.769. The summed E-state index contributed by atoms with van der Waals surface area (Å²) in [4.78, 5) is 0. The van der Waals surface area contributed by atoms with E-state index in [1.165, 1.54) is 56.1 Å². The molecule has 1 aliphatic carbocycles. The second-order valence-corrected chi connectivity index (χ2v) is 10.0. The summed E-state index contributed by atoms with van der Waals surface area (Å²) in [6, 6.07) is 0. The molecule has 0 aliphatic heterocycles. The normalized spacial score (nSPS) is 20.7. The second-order valence-electron chi connectivity index (χ2n) is 10.0. The quantitative estimate of drug-likeness (QED) is 0.255. The summed E-state index contributed by atoms with van der Waals surface area (Å²) in [5, 5.41) is 0. The number of hydrogen-bond acceptors (Lipinski definition) is 0. The zero-order valence-electron chi connectivity index (χ0n) is 19.4. The molecule has 26 heavy (non-hydrogen) atoms. The first-order valence-corrected chi connectivity index (χ1v) is 11.0. The third-order valence-corrected chi connectivity index (χ3v) is 7.52. The zero-order chi connectivity index (χ0) is 20.2. The van der Waals surface area contributed by atoms with E-state index in [-0.39, 0.29) is 10.8 Å². The van der Waals surface area contributed by atoms with Crippen LogP contribution in [-0.2, 0) is 0 Å². The Morgan fingerprint density at radius 1 is 1.00 bits per heavy atom. The average molecular weight is 359 g/mol. The highest BCUT2D eigenvalue weighted by molar-refractivity contribution is 5.39. The van der Waals surface area contributed by atoms with E-state index in [9.17, 15) is 0 Å². The summed E-state index contributed by atoms with van der Waals surface area (Å²) in [6.07, 6.45) is 13.8. The van der Waals surface area contributed by atoms with Gasteiger partial charge in [-0.15, -0.1) is 6.58 Å². The predicted octanol–water partition coefficient (Wildman–Crippen LogP) is 8.89. The molecule has 0 heterocycles. The van der Waals surface area contributed by atoms with Crippen molar-refractivity contribution in [1.29, 1.82) is 0 Å². The van der Waals surface area contributed by atoms with Crippen LogP contribution in [0.5, 0.6) is 0 Å². The van der Waals surface area contributed by atoms with Gasteiger partial charge >= 0.3 is 0 Å². The smallest absolute Gasteiger partial charge is 0.0106 e. The minimum atomic E-state index is 0.0411. The SMILES string of the molecule is C=CC(C)(CC(C)(CCC)C1CC1)C(C=C(C)C)=C(C)C(C)(CC)CC. The highest BCUT2D eigenvalue weighted by Gasteiger charge is 2.45. The molecule has 2 unspecified atom stereocenters. The first-order valence-electron chi connectivity index (χ1n) is 11.0. The summed E-state index contributed by atoms with van der Waals surface area (Å²) in [6.45, 7) is 25.6. The summed E-state index contributed by atoms with van der Waals surface area (Å²) in [5.74, 6) is 0.915. The highest BCUT2D eigenvalue weighted by Crippen LogP contribution is 2.56. The van der Waals surface area contributed by atoms with Gasteiger partial charge in [-0.25, -0.2) is 0 Å². The number of hydrogen-bond donors (Lipinski definition) is 0. The van der Waals surface area contributed by atoms with Gasteiger partial charge in [-0.3, -0.25) is 0 Å². The van der Waals surface area contributed by atoms with Crippen molar-refractivity contribution in [3.05, 3.63) is 35.5 Å². The third kappa shape index (κ3) is 5.14. The molecule has 0 saturated heterocycles. The Bertz CT molecular complexity index is 534. The molecule has 0 heteroatoms. The third-order valence-electron chi connectivity index (χ3n) is 7.52. The van der Waals surface area contributed by atoms with Crippen LogP contribution in [0.2, 0.25) is 0 Å². The summed E-state index contributed by atoms with van der Waals surface area (Å²) < 4.78 is 0. The molecule has 0 aromatic carbocycles. The fourth-order valence-electron chi connectivity index (χ4n) is 5.00. The van der Waals surface area contributed by atoms with Crippen LogP contribution in [0.3, 0.4) is 0 Å². The Balaban J connectivity index is 3.49. The minimum absolute atomic E-state index is 0.0411. The standard InChI is InChI=1S/C26H46/c1-11-17-26(10,22-15-16-22)19-25(9,14-4)23(18-20(5)6)21(7)24(8,12-2)13-3/h14,18,22H,4,11-13,15-17,19H2,1-3,5-10H3.